The summed E-state index contributed by atoms with van der Waals surface area (Å²) in [4.78, 5) is 45.8. The average molecular weight is 465 g/mol. The molecule has 2 aliphatic heterocycles. The molecule has 0 bridgehead atoms. The molecule has 0 radical (unpaired) electrons. The molecule has 0 aliphatic carbocycles. The van der Waals surface area contributed by atoms with Gasteiger partial charge in [-0.2, -0.15) is 0 Å². The van der Waals surface area contributed by atoms with E-state index in [9.17, 15) is 19.7 Å². The van der Waals surface area contributed by atoms with E-state index in [-0.39, 0.29) is 5.69 Å². The minimum absolute atomic E-state index is 0.0957. The van der Waals surface area contributed by atoms with Crippen molar-refractivity contribution in [1.29, 1.82) is 0 Å². The van der Waals surface area contributed by atoms with Gasteiger partial charge in [0.05, 0.1) is 22.3 Å². The van der Waals surface area contributed by atoms with E-state index in [1.165, 1.54) is 22.1 Å². The van der Waals surface area contributed by atoms with Crippen molar-refractivity contribution in [3.8, 4) is 0 Å². The second-order valence-corrected chi connectivity index (χ2v) is 8.52. The lowest BCUT2D eigenvalue weighted by Crippen LogP contribution is -2.37. The third kappa shape index (κ3) is 3.26. The molecule has 4 aromatic carbocycles. The average Bonchev–Trinajstić information content (AvgIpc) is 3.40. The molecule has 2 aliphatic rings. The number of carbonyl (C=O) groups excluding carboxylic acids is 2. The van der Waals surface area contributed by atoms with Crippen LogP contribution in [0.3, 0.4) is 0 Å². The summed E-state index contributed by atoms with van der Waals surface area (Å²) in [7, 11) is 0. The second-order valence-electron chi connectivity index (χ2n) is 8.52. The summed E-state index contributed by atoms with van der Waals surface area (Å²) in [6.07, 6.45) is -1.05. The zero-order chi connectivity index (χ0) is 24.1. The van der Waals surface area contributed by atoms with Crippen LogP contribution in [0.4, 0.5) is 17.1 Å². The summed E-state index contributed by atoms with van der Waals surface area (Å²) in [5.74, 6) is -1.72. The van der Waals surface area contributed by atoms with E-state index in [2.05, 4.69) is 0 Å². The number of carbonyl (C=O) groups is 2. The fourth-order valence-corrected chi connectivity index (χ4v) is 5.02. The van der Waals surface area contributed by atoms with Gasteiger partial charge in [0.2, 0.25) is 5.91 Å². The molecule has 8 heteroatoms. The van der Waals surface area contributed by atoms with Gasteiger partial charge in [-0.1, -0.05) is 66.7 Å². The van der Waals surface area contributed by atoms with E-state index < -0.39 is 34.8 Å². The molecule has 3 atom stereocenters. The van der Waals surface area contributed by atoms with E-state index in [0.717, 1.165) is 10.8 Å². The number of para-hydroxylation sites is 1. The smallest absolute Gasteiger partial charge is 0.269 e. The van der Waals surface area contributed by atoms with Crippen LogP contribution in [0.1, 0.15) is 11.6 Å². The molecule has 2 heterocycles. The lowest BCUT2D eigenvalue weighted by atomic mass is 9.90. The molecular weight excluding hydrogens is 446 g/mol. The number of rotatable bonds is 4. The summed E-state index contributed by atoms with van der Waals surface area (Å²) >= 11 is 0. The second kappa shape index (κ2) is 8.03. The molecule has 0 spiro atoms. The summed E-state index contributed by atoms with van der Waals surface area (Å²) in [5, 5.41) is 14.7. The largest absolute Gasteiger partial charge is 0.273 e. The fourth-order valence-electron chi connectivity index (χ4n) is 5.02. The third-order valence-corrected chi connectivity index (χ3v) is 6.56. The number of fused-ring (bicyclic) bond motifs is 2. The molecule has 172 valence electrons. The quantitative estimate of drug-likeness (QED) is 0.244. The van der Waals surface area contributed by atoms with Crippen molar-refractivity contribution in [2.75, 3.05) is 9.96 Å². The molecule has 4 aromatic rings. The van der Waals surface area contributed by atoms with Crippen molar-refractivity contribution < 1.29 is 19.3 Å². The van der Waals surface area contributed by atoms with Gasteiger partial charge in [-0.15, -0.1) is 0 Å². The van der Waals surface area contributed by atoms with Gasteiger partial charge in [0, 0.05) is 17.5 Å². The van der Waals surface area contributed by atoms with E-state index in [4.69, 9.17) is 4.84 Å². The van der Waals surface area contributed by atoms with Gasteiger partial charge in [-0.05, 0) is 29.1 Å². The lowest BCUT2D eigenvalue weighted by molar-refractivity contribution is -0.384. The summed E-state index contributed by atoms with van der Waals surface area (Å²) in [5.41, 5.74) is 1.58. The van der Waals surface area contributed by atoms with Gasteiger partial charge >= 0.3 is 0 Å². The van der Waals surface area contributed by atoms with Crippen LogP contribution in [0.2, 0.25) is 0 Å². The molecule has 6 rings (SSSR count). The van der Waals surface area contributed by atoms with Gasteiger partial charge in [0.25, 0.3) is 11.6 Å². The molecule has 0 aromatic heterocycles. The summed E-state index contributed by atoms with van der Waals surface area (Å²) < 4.78 is 0. The van der Waals surface area contributed by atoms with E-state index >= 15 is 0 Å². The summed E-state index contributed by atoms with van der Waals surface area (Å²) in [6, 6.07) is 27.5. The predicted molar refractivity (Wildman–Crippen MR) is 130 cm³/mol. The topological polar surface area (TPSA) is 93.0 Å². The Kier molecular flexibility index (Phi) is 4.82. The minimum Gasteiger partial charge on any atom is -0.273 e. The number of nitrogens with zero attached hydrogens (tertiary/aromatic N) is 3. The van der Waals surface area contributed by atoms with Crippen LogP contribution in [0.5, 0.6) is 0 Å². The Hall–Kier alpha value is -4.56. The number of hydroxylamine groups is 1. The normalized spacial score (nSPS) is 21.5. The lowest BCUT2D eigenvalue weighted by Gasteiger charge is -2.29. The monoisotopic (exact) mass is 465 g/mol. The fraction of sp³-hybridized carbons (Fsp3) is 0.111. The number of nitro groups is 1. The Balaban J connectivity index is 1.48. The predicted octanol–water partition coefficient (Wildman–Crippen LogP) is 4.80. The molecule has 8 nitrogen and oxygen atoms in total. The minimum atomic E-state index is -1.05. The number of anilines is 2. The number of hydrogen-bond acceptors (Lipinski definition) is 6. The van der Waals surface area contributed by atoms with Gasteiger partial charge in [0.1, 0.15) is 5.92 Å². The Labute approximate surface area is 200 Å². The maximum atomic E-state index is 13.9. The van der Waals surface area contributed by atoms with Crippen molar-refractivity contribution >= 4 is 39.6 Å². The van der Waals surface area contributed by atoms with Crippen LogP contribution in [0, 0.1) is 16.0 Å². The number of non-ortho nitro benzene ring substituents is 1. The van der Waals surface area contributed by atoms with E-state index in [0.29, 0.717) is 16.9 Å². The molecule has 35 heavy (non-hydrogen) atoms. The van der Waals surface area contributed by atoms with Gasteiger partial charge in [0.15, 0.2) is 6.10 Å². The highest BCUT2D eigenvalue weighted by molar-refractivity contribution is 6.26. The maximum absolute atomic E-state index is 13.9. The molecule has 0 unspecified atom stereocenters. The molecule has 0 N–H and O–H groups in total. The van der Waals surface area contributed by atoms with Crippen LogP contribution in [-0.2, 0) is 14.4 Å². The molecule has 2 amide bonds. The third-order valence-electron chi connectivity index (χ3n) is 6.56. The van der Waals surface area contributed by atoms with Crippen molar-refractivity contribution in [3.63, 3.8) is 0 Å². The number of nitro benzene ring substituents is 1. The van der Waals surface area contributed by atoms with Crippen molar-refractivity contribution in [3.05, 3.63) is 113 Å². The molecule has 0 saturated carbocycles. The van der Waals surface area contributed by atoms with Crippen LogP contribution >= 0.6 is 0 Å². The Bertz CT molecular complexity index is 1480. The van der Waals surface area contributed by atoms with Crippen LogP contribution in [0.15, 0.2) is 97.1 Å². The van der Waals surface area contributed by atoms with Gasteiger partial charge in [-0.3, -0.25) is 24.5 Å². The molecular formula is C27H19N3O5. The zero-order valence-electron chi connectivity index (χ0n) is 18.4. The van der Waals surface area contributed by atoms with Gasteiger partial charge in [-0.25, -0.2) is 9.96 Å². The van der Waals surface area contributed by atoms with Crippen molar-refractivity contribution in [2.24, 2.45) is 5.92 Å². The van der Waals surface area contributed by atoms with E-state index in [1.54, 1.807) is 18.2 Å². The highest BCUT2D eigenvalue weighted by Gasteiger charge is 2.60. The Morgan fingerprint density at radius 3 is 2.31 bits per heavy atom. The number of hydrogen-bond donors (Lipinski definition) is 0. The highest BCUT2D eigenvalue weighted by atomic mass is 16.7. The number of amides is 2. The first-order chi connectivity index (χ1) is 17.0. The van der Waals surface area contributed by atoms with Crippen molar-refractivity contribution in [2.45, 2.75) is 12.1 Å². The first-order valence-corrected chi connectivity index (χ1v) is 11.2. The first-order valence-electron chi connectivity index (χ1n) is 11.2. The highest BCUT2D eigenvalue weighted by Crippen LogP contribution is 2.48. The molecule has 2 fully saturated rings. The number of imide groups is 1. The first kappa shape index (κ1) is 21.0. The van der Waals surface area contributed by atoms with E-state index in [1.807, 2.05) is 66.7 Å². The van der Waals surface area contributed by atoms with Crippen LogP contribution in [-0.4, -0.2) is 22.8 Å². The Morgan fingerprint density at radius 2 is 1.51 bits per heavy atom. The molecule has 2 saturated heterocycles. The summed E-state index contributed by atoms with van der Waals surface area (Å²) in [6.45, 7) is 0. The van der Waals surface area contributed by atoms with Crippen LogP contribution < -0.4 is 9.96 Å². The Morgan fingerprint density at radius 1 is 0.800 bits per heavy atom. The SMILES string of the molecule is O=C1[C@@H]2[C@@H](ON(c3ccccc3)[C@H]2c2cccc([N+](=O)[O-])c2)C(=O)N1c1cccc2ccccc12. The van der Waals surface area contributed by atoms with Gasteiger partial charge < -0.3 is 0 Å². The van der Waals surface area contributed by atoms with Crippen molar-refractivity contribution in [1.82, 2.24) is 0 Å². The number of benzene rings is 4. The zero-order valence-corrected chi connectivity index (χ0v) is 18.4. The van der Waals surface area contributed by atoms with Crippen LogP contribution in [0.25, 0.3) is 10.8 Å². The maximum Gasteiger partial charge on any atom is 0.269 e. The standard InChI is InChI=1S/C27H19N3O5/c31-26-23-24(18-10-6-13-20(16-18)30(33)34)29(19-11-2-1-3-12-19)35-25(23)27(32)28(26)22-15-7-9-17-8-4-5-14-21(17)22/h1-16,23-25H/t23-,24-,25+/m0/s1.